The first-order valence-electron chi connectivity index (χ1n) is 6.44. The number of carbonyl (C=O) groups is 1. The largest absolute Gasteiger partial charge is 0.337 e. The van der Waals surface area contributed by atoms with Crippen molar-refractivity contribution in [2.24, 2.45) is 5.41 Å². The van der Waals surface area contributed by atoms with E-state index < -0.39 is 0 Å². The summed E-state index contributed by atoms with van der Waals surface area (Å²) in [5, 5.41) is 4.10. The summed E-state index contributed by atoms with van der Waals surface area (Å²) in [5.74, 6) is 0.128. The van der Waals surface area contributed by atoms with Crippen molar-refractivity contribution in [2.45, 2.75) is 12.8 Å². The number of halogens is 1. The zero-order valence-corrected chi connectivity index (χ0v) is 11.0. The number of hydrogen-bond acceptors (Lipinski definition) is 2. The maximum Gasteiger partial charge on any atom is 0.253 e. The van der Waals surface area contributed by atoms with Crippen LogP contribution in [-0.4, -0.2) is 37.0 Å². The summed E-state index contributed by atoms with van der Waals surface area (Å²) in [6, 6.07) is 7.14. The van der Waals surface area contributed by atoms with Crippen LogP contribution in [0.25, 0.3) is 0 Å². The number of amides is 1. The Morgan fingerprint density at radius 3 is 2.61 bits per heavy atom. The topological polar surface area (TPSA) is 32.3 Å². The van der Waals surface area contributed by atoms with E-state index in [0.717, 1.165) is 31.7 Å². The van der Waals surface area contributed by atoms with Gasteiger partial charge in [0.15, 0.2) is 0 Å². The smallest absolute Gasteiger partial charge is 0.253 e. The molecule has 0 aliphatic carbocycles. The molecule has 0 aromatic heterocycles. The first-order chi connectivity index (χ1) is 8.69. The highest BCUT2D eigenvalue weighted by Crippen LogP contribution is 2.37. The standard InChI is InChI=1S/C14H17ClN2O/c15-12-4-2-11(3-5-12)13(18)17-9-14(10-17)6-1-7-16-8-14/h2-5,16H,1,6-10H2. The predicted molar refractivity (Wildman–Crippen MR) is 71.9 cm³/mol. The van der Waals surface area contributed by atoms with Gasteiger partial charge in [-0.3, -0.25) is 4.79 Å². The summed E-state index contributed by atoms with van der Waals surface area (Å²) in [6.07, 6.45) is 2.47. The average Bonchev–Trinajstić information content (AvgIpc) is 2.37. The fraction of sp³-hybridized carbons (Fsp3) is 0.500. The molecule has 0 atom stereocenters. The van der Waals surface area contributed by atoms with Crippen LogP contribution in [0.1, 0.15) is 23.2 Å². The second kappa shape index (κ2) is 4.56. The summed E-state index contributed by atoms with van der Waals surface area (Å²) in [5.41, 5.74) is 1.08. The van der Waals surface area contributed by atoms with E-state index in [1.54, 1.807) is 24.3 Å². The lowest BCUT2D eigenvalue weighted by Crippen LogP contribution is -2.63. The maximum absolute atomic E-state index is 12.2. The van der Waals surface area contributed by atoms with E-state index in [1.165, 1.54) is 12.8 Å². The molecule has 4 heteroatoms. The molecule has 2 saturated heterocycles. The SMILES string of the molecule is O=C(c1ccc(Cl)cc1)N1CC2(CCCNC2)C1. The third-order valence-electron chi connectivity index (χ3n) is 3.99. The summed E-state index contributed by atoms with van der Waals surface area (Å²) >= 11 is 5.83. The van der Waals surface area contributed by atoms with Gasteiger partial charge < -0.3 is 10.2 Å². The molecule has 1 N–H and O–H groups in total. The van der Waals surface area contributed by atoms with Crippen LogP contribution in [0, 0.1) is 5.41 Å². The van der Waals surface area contributed by atoms with E-state index in [1.807, 2.05) is 4.90 Å². The van der Waals surface area contributed by atoms with Crippen LogP contribution in [0.5, 0.6) is 0 Å². The van der Waals surface area contributed by atoms with Gasteiger partial charge in [-0.15, -0.1) is 0 Å². The van der Waals surface area contributed by atoms with Gasteiger partial charge in [0, 0.05) is 35.6 Å². The van der Waals surface area contributed by atoms with Crippen LogP contribution in [0.2, 0.25) is 5.02 Å². The number of hydrogen-bond donors (Lipinski definition) is 1. The first kappa shape index (κ1) is 12.0. The molecule has 96 valence electrons. The minimum atomic E-state index is 0.128. The van der Waals surface area contributed by atoms with Crippen LogP contribution in [-0.2, 0) is 0 Å². The lowest BCUT2D eigenvalue weighted by atomic mass is 9.74. The summed E-state index contributed by atoms with van der Waals surface area (Å²) in [7, 11) is 0. The van der Waals surface area contributed by atoms with Gasteiger partial charge in [-0.05, 0) is 43.7 Å². The number of benzene rings is 1. The molecule has 2 aliphatic heterocycles. The molecule has 0 bridgehead atoms. The monoisotopic (exact) mass is 264 g/mol. The Balaban J connectivity index is 1.64. The zero-order chi connectivity index (χ0) is 12.6. The van der Waals surface area contributed by atoms with E-state index in [4.69, 9.17) is 11.6 Å². The molecule has 0 saturated carbocycles. The van der Waals surface area contributed by atoms with Gasteiger partial charge in [0.1, 0.15) is 0 Å². The van der Waals surface area contributed by atoms with E-state index in [0.29, 0.717) is 10.4 Å². The predicted octanol–water partition coefficient (Wildman–Crippen LogP) is 2.17. The van der Waals surface area contributed by atoms with Crippen molar-refractivity contribution < 1.29 is 4.79 Å². The van der Waals surface area contributed by atoms with Crippen molar-refractivity contribution in [3.63, 3.8) is 0 Å². The molecule has 2 fully saturated rings. The Labute approximate surface area is 112 Å². The Morgan fingerprint density at radius 2 is 2.00 bits per heavy atom. The molecule has 1 aromatic rings. The molecule has 2 heterocycles. The lowest BCUT2D eigenvalue weighted by Gasteiger charge is -2.52. The third-order valence-corrected chi connectivity index (χ3v) is 4.24. The highest BCUT2D eigenvalue weighted by molar-refractivity contribution is 6.30. The van der Waals surface area contributed by atoms with Gasteiger partial charge in [0.05, 0.1) is 0 Å². The second-order valence-electron chi connectivity index (χ2n) is 5.45. The van der Waals surface area contributed by atoms with Crippen molar-refractivity contribution in [1.29, 1.82) is 0 Å². The molecule has 0 radical (unpaired) electrons. The summed E-state index contributed by atoms with van der Waals surface area (Å²) in [6.45, 7) is 3.95. The van der Waals surface area contributed by atoms with E-state index in [-0.39, 0.29) is 5.91 Å². The van der Waals surface area contributed by atoms with E-state index >= 15 is 0 Å². The molecule has 3 rings (SSSR count). The minimum absolute atomic E-state index is 0.128. The number of nitrogens with one attached hydrogen (secondary N) is 1. The third kappa shape index (κ3) is 2.13. The number of nitrogens with zero attached hydrogens (tertiary/aromatic N) is 1. The van der Waals surface area contributed by atoms with Crippen LogP contribution >= 0.6 is 11.6 Å². The van der Waals surface area contributed by atoms with Crippen molar-refractivity contribution >= 4 is 17.5 Å². The molecule has 3 nitrogen and oxygen atoms in total. The van der Waals surface area contributed by atoms with Crippen molar-refractivity contribution in [1.82, 2.24) is 10.2 Å². The summed E-state index contributed by atoms with van der Waals surface area (Å²) in [4.78, 5) is 14.2. The van der Waals surface area contributed by atoms with Crippen molar-refractivity contribution in [3.05, 3.63) is 34.9 Å². The van der Waals surface area contributed by atoms with Crippen LogP contribution in [0.15, 0.2) is 24.3 Å². The van der Waals surface area contributed by atoms with Gasteiger partial charge in [-0.2, -0.15) is 0 Å². The summed E-state index contributed by atoms with van der Waals surface area (Å²) < 4.78 is 0. The number of rotatable bonds is 1. The molecule has 2 aliphatic rings. The normalized spacial score (nSPS) is 21.7. The van der Waals surface area contributed by atoms with Crippen molar-refractivity contribution in [3.8, 4) is 0 Å². The molecular formula is C14H17ClN2O. The zero-order valence-electron chi connectivity index (χ0n) is 10.3. The van der Waals surface area contributed by atoms with Crippen LogP contribution < -0.4 is 5.32 Å². The number of piperidine rings is 1. The minimum Gasteiger partial charge on any atom is -0.337 e. The molecule has 1 aromatic carbocycles. The first-order valence-corrected chi connectivity index (χ1v) is 6.82. The fourth-order valence-electron chi connectivity index (χ4n) is 2.98. The molecule has 0 unspecified atom stereocenters. The quantitative estimate of drug-likeness (QED) is 0.843. The van der Waals surface area contributed by atoms with Gasteiger partial charge in [0.2, 0.25) is 0 Å². The second-order valence-corrected chi connectivity index (χ2v) is 5.88. The van der Waals surface area contributed by atoms with Crippen LogP contribution in [0.3, 0.4) is 0 Å². The highest BCUT2D eigenvalue weighted by atomic mass is 35.5. The molecule has 1 amide bonds. The van der Waals surface area contributed by atoms with Crippen LogP contribution in [0.4, 0.5) is 0 Å². The Hall–Kier alpha value is -1.06. The van der Waals surface area contributed by atoms with Gasteiger partial charge >= 0.3 is 0 Å². The van der Waals surface area contributed by atoms with E-state index in [2.05, 4.69) is 5.32 Å². The Morgan fingerprint density at radius 1 is 1.28 bits per heavy atom. The van der Waals surface area contributed by atoms with Gasteiger partial charge in [0.25, 0.3) is 5.91 Å². The number of carbonyl (C=O) groups excluding carboxylic acids is 1. The molecule has 18 heavy (non-hydrogen) atoms. The van der Waals surface area contributed by atoms with Gasteiger partial charge in [-0.25, -0.2) is 0 Å². The molecular weight excluding hydrogens is 248 g/mol. The van der Waals surface area contributed by atoms with Gasteiger partial charge in [-0.1, -0.05) is 11.6 Å². The van der Waals surface area contributed by atoms with Crippen molar-refractivity contribution in [2.75, 3.05) is 26.2 Å². The number of likely N-dealkylation sites (tertiary alicyclic amines) is 1. The Bertz CT molecular complexity index is 443. The highest BCUT2D eigenvalue weighted by Gasteiger charge is 2.45. The maximum atomic E-state index is 12.2. The lowest BCUT2D eigenvalue weighted by molar-refractivity contribution is -0.00722. The average molecular weight is 265 g/mol. The molecule has 1 spiro atoms. The Kier molecular flexibility index (Phi) is 3.04. The fourth-order valence-corrected chi connectivity index (χ4v) is 3.11. The van der Waals surface area contributed by atoms with E-state index in [9.17, 15) is 4.79 Å².